The average Bonchev–Trinajstić information content (AvgIpc) is 3.43. The summed E-state index contributed by atoms with van der Waals surface area (Å²) in [6.07, 6.45) is 5.46. The van der Waals surface area contributed by atoms with Crippen LogP contribution in [0.4, 0.5) is 4.79 Å². The van der Waals surface area contributed by atoms with Crippen LogP contribution in [0.2, 0.25) is 0 Å². The number of halogens is 1. The molecule has 208 valence electrons. The number of ether oxygens (including phenoxy) is 1. The molecule has 2 heterocycles. The maximum atomic E-state index is 12.1. The van der Waals surface area contributed by atoms with Gasteiger partial charge in [0.2, 0.25) is 11.8 Å². The van der Waals surface area contributed by atoms with E-state index in [9.17, 15) is 14.4 Å². The third-order valence-corrected chi connectivity index (χ3v) is 8.33. The van der Waals surface area contributed by atoms with Crippen molar-refractivity contribution < 1.29 is 19.1 Å². The molecule has 0 aromatic heterocycles. The Morgan fingerprint density at radius 1 is 1.11 bits per heavy atom. The lowest BCUT2D eigenvalue weighted by Crippen LogP contribution is -2.42. The smallest absolute Gasteiger partial charge is 0.315 e. The number of thioether (sulfide) groups is 1. The molecule has 4 atom stereocenters. The van der Waals surface area contributed by atoms with E-state index in [1.165, 1.54) is 0 Å². The van der Waals surface area contributed by atoms with Crippen molar-refractivity contribution in [2.24, 2.45) is 5.73 Å². The zero-order valence-electron chi connectivity index (χ0n) is 21.1. The summed E-state index contributed by atoms with van der Waals surface area (Å²) in [7, 11) is 0. The molecule has 1 aromatic rings. The van der Waals surface area contributed by atoms with Crippen molar-refractivity contribution in [1.29, 1.82) is 0 Å². The molecule has 4 amide bonds. The molecule has 3 rings (SSSR count). The third-order valence-electron chi connectivity index (χ3n) is 6.46. The first kappa shape index (κ1) is 31.4. The number of amides is 4. The van der Waals surface area contributed by atoms with Crippen LogP contribution in [-0.4, -0.2) is 66.7 Å². The molecule has 0 spiro atoms. The van der Waals surface area contributed by atoms with Gasteiger partial charge in [0.25, 0.3) is 0 Å². The van der Waals surface area contributed by atoms with Crippen molar-refractivity contribution in [1.82, 2.24) is 21.3 Å². The van der Waals surface area contributed by atoms with Crippen molar-refractivity contribution in [3.63, 3.8) is 0 Å². The normalized spacial score (nSPS) is 20.7. The van der Waals surface area contributed by atoms with Gasteiger partial charge in [0.05, 0.1) is 24.7 Å². The molecule has 0 radical (unpaired) electrons. The minimum absolute atomic E-state index is 0. The molecule has 2 saturated heterocycles. The maximum Gasteiger partial charge on any atom is 0.315 e. The lowest BCUT2D eigenvalue weighted by Gasteiger charge is -2.16. The molecule has 1 aromatic carbocycles. The van der Waals surface area contributed by atoms with Crippen molar-refractivity contribution in [2.45, 2.75) is 74.1 Å². The third kappa shape index (κ3) is 10.8. The zero-order chi connectivity index (χ0) is 25.8. The van der Waals surface area contributed by atoms with Crippen molar-refractivity contribution >= 4 is 54.6 Å². The second-order valence-electron chi connectivity index (χ2n) is 9.26. The number of thiol groups is 1. The summed E-state index contributed by atoms with van der Waals surface area (Å²) in [4.78, 5) is 35.6. The van der Waals surface area contributed by atoms with Crippen LogP contribution >= 0.6 is 36.8 Å². The summed E-state index contributed by atoms with van der Waals surface area (Å²) in [5.74, 6) is 2.27. The van der Waals surface area contributed by atoms with E-state index in [4.69, 9.17) is 10.5 Å². The lowest BCUT2D eigenvalue weighted by atomic mass is 10.0. The topological polar surface area (TPSA) is 135 Å². The number of nitrogens with two attached hydrogens (primary N) is 1. The molecular weight excluding hydrogens is 534 g/mol. The van der Waals surface area contributed by atoms with Crippen molar-refractivity contribution in [3.05, 3.63) is 29.8 Å². The molecule has 1 unspecified atom stereocenters. The van der Waals surface area contributed by atoms with Gasteiger partial charge in [-0.05, 0) is 49.8 Å². The highest BCUT2D eigenvalue weighted by Gasteiger charge is 2.42. The van der Waals surface area contributed by atoms with E-state index in [-0.39, 0.29) is 42.3 Å². The predicted molar refractivity (Wildman–Crippen MR) is 154 cm³/mol. The fraction of sp³-hybridized carbons (Fsp3) is 0.640. The summed E-state index contributed by atoms with van der Waals surface area (Å²) in [5, 5.41) is 12.1. The largest absolute Gasteiger partial charge is 0.492 e. The molecule has 6 N–H and O–H groups in total. The molecule has 37 heavy (non-hydrogen) atoms. The van der Waals surface area contributed by atoms with Crippen LogP contribution in [0.5, 0.6) is 5.75 Å². The van der Waals surface area contributed by atoms with Gasteiger partial charge in [-0.25, -0.2) is 4.79 Å². The summed E-state index contributed by atoms with van der Waals surface area (Å²) in [6, 6.07) is 7.53. The van der Waals surface area contributed by atoms with Gasteiger partial charge in [-0.3, -0.25) is 9.59 Å². The Bertz CT molecular complexity index is 864. The van der Waals surface area contributed by atoms with Crippen molar-refractivity contribution in [2.75, 3.05) is 25.4 Å². The number of rotatable bonds is 16. The maximum absolute atomic E-state index is 12.1. The standard InChI is InChI=1S/C25H39N5O4S2.ClH/c26-19(24(32)28-13-14-34-18-10-8-17(15-35)9-11-18)5-3-4-12-27-22(31)7-2-1-6-21-23-20(16-36-21)29-25(33)30-23;/h8-11,19-21,23,35H,1-7,12-16,26H2,(H,27,31)(H,28,32)(H2,29,30,33);1H/t19?,20-,21-,23-;/m0./s1. The molecule has 0 bridgehead atoms. The van der Waals surface area contributed by atoms with Crippen LogP contribution in [-0.2, 0) is 15.3 Å². The monoisotopic (exact) mass is 573 g/mol. The Labute approximate surface area is 235 Å². The molecule has 12 heteroatoms. The molecule has 2 aliphatic rings. The fourth-order valence-electron chi connectivity index (χ4n) is 4.38. The molecule has 0 aliphatic carbocycles. The molecular formula is C25H40ClN5O4S2. The summed E-state index contributed by atoms with van der Waals surface area (Å²) in [5.41, 5.74) is 7.10. The first-order valence-corrected chi connectivity index (χ1v) is 14.5. The first-order chi connectivity index (χ1) is 17.5. The molecule has 2 fully saturated rings. The molecule has 9 nitrogen and oxygen atoms in total. The summed E-state index contributed by atoms with van der Waals surface area (Å²) < 4.78 is 5.61. The Balaban J connectivity index is 0.00000481. The highest BCUT2D eigenvalue weighted by atomic mass is 35.5. The van der Waals surface area contributed by atoms with Gasteiger partial charge in [0.1, 0.15) is 12.4 Å². The van der Waals surface area contributed by atoms with E-state index < -0.39 is 6.04 Å². The number of urea groups is 1. The van der Waals surface area contributed by atoms with Gasteiger partial charge in [-0.2, -0.15) is 24.4 Å². The van der Waals surface area contributed by atoms with Crippen LogP contribution in [0.15, 0.2) is 24.3 Å². The number of hydrogen-bond donors (Lipinski definition) is 6. The average molecular weight is 574 g/mol. The quantitative estimate of drug-likeness (QED) is 0.102. The number of fused-ring (bicyclic) bond motifs is 1. The van der Waals surface area contributed by atoms with Crippen LogP contribution in [0.3, 0.4) is 0 Å². The highest BCUT2D eigenvalue weighted by molar-refractivity contribution is 8.00. The second-order valence-corrected chi connectivity index (χ2v) is 10.8. The number of unbranched alkanes of at least 4 members (excludes halogenated alkanes) is 2. The lowest BCUT2D eigenvalue weighted by molar-refractivity contribution is -0.123. The van der Waals surface area contributed by atoms with E-state index in [1.807, 2.05) is 36.0 Å². The van der Waals surface area contributed by atoms with Gasteiger partial charge in [-0.15, -0.1) is 12.4 Å². The van der Waals surface area contributed by atoms with E-state index >= 15 is 0 Å². The number of hydrogen-bond acceptors (Lipinski definition) is 7. The molecule has 0 saturated carbocycles. The number of carbonyl (C=O) groups is 3. The summed E-state index contributed by atoms with van der Waals surface area (Å²) >= 11 is 6.12. The Morgan fingerprint density at radius 2 is 1.89 bits per heavy atom. The first-order valence-electron chi connectivity index (χ1n) is 12.8. The van der Waals surface area contributed by atoms with Crippen molar-refractivity contribution in [3.8, 4) is 5.75 Å². The zero-order valence-corrected chi connectivity index (χ0v) is 23.6. The van der Waals surface area contributed by atoms with Gasteiger partial charge in [-0.1, -0.05) is 18.6 Å². The molecule has 2 aliphatic heterocycles. The van der Waals surface area contributed by atoms with Gasteiger partial charge in [0.15, 0.2) is 0 Å². The predicted octanol–water partition coefficient (Wildman–Crippen LogP) is 2.37. The Kier molecular flexibility index (Phi) is 14.3. The van der Waals surface area contributed by atoms with E-state index in [0.29, 0.717) is 43.5 Å². The second kappa shape index (κ2) is 16.9. The van der Waals surface area contributed by atoms with Gasteiger partial charge < -0.3 is 31.7 Å². The van der Waals surface area contributed by atoms with Gasteiger partial charge >= 0.3 is 6.03 Å². The highest BCUT2D eigenvalue weighted by Crippen LogP contribution is 2.33. The van der Waals surface area contributed by atoms with E-state index in [0.717, 1.165) is 49.2 Å². The Hall–Kier alpha value is -1.82. The fourth-order valence-corrected chi connectivity index (χ4v) is 6.13. The SMILES string of the molecule is Cl.NC(CCCCNC(=O)CCCC[C@@H]1SC[C@@H]2NC(=O)N[C@@H]21)C(=O)NCCOc1ccc(CS)cc1. The summed E-state index contributed by atoms with van der Waals surface area (Å²) in [6.45, 7) is 1.36. The number of carbonyl (C=O) groups excluding carboxylic acids is 3. The number of benzene rings is 1. The van der Waals surface area contributed by atoms with Crippen LogP contribution < -0.4 is 31.7 Å². The Morgan fingerprint density at radius 3 is 2.65 bits per heavy atom. The van der Waals surface area contributed by atoms with Crippen LogP contribution in [0, 0.1) is 0 Å². The minimum Gasteiger partial charge on any atom is -0.492 e. The van der Waals surface area contributed by atoms with E-state index in [2.05, 4.69) is 33.9 Å². The van der Waals surface area contributed by atoms with E-state index in [1.54, 1.807) is 0 Å². The minimum atomic E-state index is -0.566. The van der Waals surface area contributed by atoms with Crippen LogP contribution in [0.25, 0.3) is 0 Å². The number of nitrogens with one attached hydrogen (secondary N) is 4. The van der Waals surface area contributed by atoms with Crippen LogP contribution in [0.1, 0.15) is 50.5 Å². The van der Waals surface area contributed by atoms with Gasteiger partial charge in [0, 0.05) is 29.7 Å².